The number of aromatic nitrogens is 1. The van der Waals surface area contributed by atoms with Crippen LogP contribution in [0.5, 0.6) is 0 Å². The van der Waals surface area contributed by atoms with Crippen LogP contribution in [-0.2, 0) is 11.3 Å². The second kappa shape index (κ2) is 3.79. The summed E-state index contributed by atoms with van der Waals surface area (Å²) >= 11 is 0. The van der Waals surface area contributed by atoms with E-state index >= 15 is 0 Å². The first-order valence-electron chi connectivity index (χ1n) is 4.38. The Morgan fingerprint density at radius 3 is 2.79 bits per heavy atom. The summed E-state index contributed by atoms with van der Waals surface area (Å²) in [6, 6.07) is 0. The monoisotopic (exact) mass is 197 g/mol. The van der Waals surface area contributed by atoms with Crippen molar-refractivity contribution >= 4 is 5.91 Å². The minimum atomic E-state index is -0.862. The third-order valence-electron chi connectivity index (χ3n) is 1.68. The van der Waals surface area contributed by atoms with Gasteiger partial charge in [0.15, 0.2) is 5.89 Å². The molecule has 3 N–H and O–H groups in total. The third-order valence-corrected chi connectivity index (χ3v) is 1.68. The molecule has 78 valence electrons. The van der Waals surface area contributed by atoms with Crippen LogP contribution in [0.4, 0.5) is 0 Å². The zero-order valence-electron chi connectivity index (χ0n) is 8.63. The van der Waals surface area contributed by atoms with E-state index in [1.54, 1.807) is 20.8 Å². The van der Waals surface area contributed by atoms with E-state index in [0.29, 0.717) is 18.1 Å². The molecular weight excluding hydrogens is 182 g/mol. The van der Waals surface area contributed by atoms with Gasteiger partial charge in [-0.1, -0.05) is 0 Å². The van der Waals surface area contributed by atoms with Crippen molar-refractivity contribution in [1.29, 1.82) is 0 Å². The Labute approximate surface area is 82.7 Å². The summed E-state index contributed by atoms with van der Waals surface area (Å²) in [5.74, 6) is 0.374. The number of hydrogen-bond donors (Lipinski definition) is 2. The second-order valence-electron chi connectivity index (χ2n) is 3.76. The number of amides is 1. The van der Waals surface area contributed by atoms with Crippen LogP contribution in [-0.4, -0.2) is 16.4 Å². The summed E-state index contributed by atoms with van der Waals surface area (Å²) in [6.45, 7) is 5.39. The Balaban J connectivity index is 2.46. The second-order valence-corrected chi connectivity index (χ2v) is 3.76. The van der Waals surface area contributed by atoms with Crippen LogP contribution in [0.15, 0.2) is 10.7 Å². The van der Waals surface area contributed by atoms with Crippen molar-refractivity contribution in [3.8, 4) is 0 Å². The molecule has 1 amide bonds. The van der Waals surface area contributed by atoms with E-state index in [1.165, 1.54) is 6.26 Å². The summed E-state index contributed by atoms with van der Waals surface area (Å²) < 4.78 is 4.99. The molecule has 0 spiro atoms. The van der Waals surface area contributed by atoms with E-state index in [4.69, 9.17) is 10.2 Å². The largest absolute Gasteiger partial charge is 0.449 e. The lowest BCUT2D eigenvalue weighted by Gasteiger charge is -2.16. The van der Waals surface area contributed by atoms with Crippen molar-refractivity contribution in [3.05, 3.63) is 17.8 Å². The predicted octanol–water partition coefficient (Wildman–Crippen LogP) is 0.337. The number of oxazole rings is 1. The topological polar surface area (TPSA) is 81.2 Å². The smallest absolute Gasteiger partial charge is 0.239 e. The van der Waals surface area contributed by atoms with Crippen molar-refractivity contribution in [1.82, 2.24) is 10.3 Å². The molecule has 0 unspecified atom stereocenters. The molecule has 0 fully saturated rings. The van der Waals surface area contributed by atoms with Crippen molar-refractivity contribution in [3.63, 3.8) is 0 Å². The van der Waals surface area contributed by atoms with Crippen LogP contribution in [0.1, 0.15) is 25.4 Å². The number of rotatable bonds is 3. The highest BCUT2D eigenvalue weighted by Gasteiger charge is 2.21. The SMILES string of the molecule is Cc1nc(CNC(=O)C(C)(C)N)co1. The lowest BCUT2D eigenvalue weighted by atomic mass is 10.1. The molecule has 0 aliphatic rings. The van der Waals surface area contributed by atoms with E-state index in [-0.39, 0.29) is 5.91 Å². The minimum Gasteiger partial charge on any atom is -0.449 e. The van der Waals surface area contributed by atoms with Gasteiger partial charge in [-0.2, -0.15) is 0 Å². The Bertz CT molecular complexity index is 325. The molecule has 0 saturated carbocycles. The average Bonchev–Trinajstić information content (AvgIpc) is 2.45. The molecule has 14 heavy (non-hydrogen) atoms. The van der Waals surface area contributed by atoms with Crippen molar-refractivity contribution < 1.29 is 9.21 Å². The van der Waals surface area contributed by atoms with E-state index in [1.807, 2.05) is 0 Å². The van der Waals surface area contributed by atoms with Crippen LogP contribution in [0.2, 0.25) is 0 Å². The number of carbonyl (C=O) groups is 1. The van der Waals surface area contributed by atoms with Crippen LogP contribution in [0.3, 0.4) is 0 Å². The standard InChI is InChI=1S/C9H15N3O2/c1-6-12-7(5-14-6)4-11-8(13)9(2,3)10/h5H,4,10H2,1-3H3,(H,11,13). The first kappa shape index (κ1) is 10.7. The molecule has 1 rings (SSSR count). The highest BCUT2D eigenvalue weighted by molar-refractivity contribution is 5.84. The zero-order valence-corrected chi connectivity index (χ0v) is 8.63. The molecule has 0 aliphatic carbocycles. The van der Waals surface area contributed by atoms with Gasteiger partial charge in [-0.25, -0.2) is 4.98 Å². The van der Waals surface area contributed by atoms with Crippen LogP contribution in [0, 0.1) is 6.92 Å². The van der Waals surface area contributed by atoms with Gasteiger partial charge in [0, 0.05) is 6.92 Å². The fourth-order valence-electron chi connectivity index (χ4n) is 0.888. The third kappa shape index (κ3) is 2.85. The first-order chi connectivity index (χ1) is 6.39. The molecule has 1 aromatic rings. The van der Waals surface area contributed by atoms with E-state index in [2.05, 4.69) is 10.3 Å². The summed E-state index contributed by atoms with van der Waals surface area (Å²) in [4.78, 5) is 15.4. The van der Waals surface area contributed by atoms with Gasteiger partial charge < -0.3 is 15.5 Å². The molecule has 5 nitrogen and oxygen atoms in total. The highest BCUT2D eigenvalue weighted by Crippen LogP contribution is 2.01. The highest BCUT2D eigenvalue weighted by atomic mass is 16.3. The van der Waals surface area contributed by atoms with Crippen LogP contribution in [0.25, 0.3) is 0 Å². The van der Waals surface area contributed by atoms with Crippen molar-refractivity contribution in [2.24, 2.45) is 5.73 Å². The molecule has 0 atom stereocenters. The lowest BCUT2D eigenvalue weighted by Crippen LogP contribution is -2.48. The van der Waals surface area contributed by atoms with E-state index in [9.17, 15) is 4.79 Å². The van der Waals surface area contributed by atoms with E-state index in [0.717, 1.165) is 0 Å². The molecule has 1 heterocycles. The molecule has 0 radical (unpaired) electrons. The minimum absolute atomic E-state index is 0.210. The first-order valence-corrected chi connectivity index (χ1v) is 4.38. The Morgan fingerprint density at radius 2 is 2.36 bits per heavy atom. The van der Waals surface area contributed by atoms with Gasteiger partial charge in [0.05, 0.1) is 17.8 Å². The predicted molar refractivity (Wildman–Crippen MR) is 51.4 cm³/mol. The summed E-state index contributed by atoms with van der Waals surface area (Å²) in [5.41, 5.74) is 5.42. The number of aryl methyl sites for hydroxylation is 1. The van der Waals surface area contributed by atoms with E-state index < -0.39 is 5.54 Å². The molecule has 5 heteroatoms. The van der Waals surface area contributed by atoms with Gasteiger partial charge in [-0.15, -0.1) is 0 Å². The average molecular weight is 197 g/mol. The molecular formula is C9H15N3O2. The van der Waals surface area contributed by atoms with Gasteiger partial charge in [0.25, 0.3) is 0 Å². The number of nitrogens with one attached hydrogen (secondary N) is 1. The molecule has 0 aromatic carbocycles. The maximum Gasteiger partial charge on any atom is 0.239 e. The maximum absolute atomic E-state index is 11.4. The zero-order chi connectivity index (χ0) is 10.8. The fraction of sp³-hybridized carbons (Fsp3) is 0.556. The van der Waals surface area contributed by atoms with Crippen molar-refractivity contribution in [2.75, 3.05) is 0 Å². The van der Waals surface area contributed by atoms with Gasteiger partial charge in [0.2, 0.25) is 5.91 Å². The molecule has 0 aliphatic heterocycles. The number of carbonyl (C=O) groups excluding carboxylic acids is 1. The van der Waals surface area contributed by atoms with Crippen molar-refractivity contribution in [2.45, 2.75) is 32.9 Å². The van der Waals surface area contributed by atoms with Gasteiger partial charge >= 0.3 is 0 Å². The summed E-state index contributed by atoms with van der Waals surface area (Å²) in [5, 5.41) is 2.67. The maximum atomic E-state index is 11.4. The molecule has 0 bridgehead atoms. The van der Waals surface area contributed by atoms with Gasteiger partial charge in [-0.3, -0.25) is 4.79 Å². The molecule has 1 aromatic heterocycles. The quantitative estimate of drug-likeness (QED) is 0.732. The Kier molecular flexibility index (Phi) is 2.90. The van der Waals surface area contributed by atoms with Gasteiger partial charge in [0.1, 0.15) is 6.26 Å². The van der Waals surface area contributed by atoms with Crippen LogP contribution < -0.4 is 11.1 Å². The Morgan fingerprint density at radius 1 is 1.71 bits per heavy atom. The lowest BCUT2D eigenvalue weighted by molar-refractivity contribution is -0.125. The Hall–Kier alpha value is -1.36. The molecule has 0 saturated heterocycles. The normalized spacial score (nSPS) is 11.4. The van der Waals surface area contributed by atoms with Gasteiger partial charge in [-0.05, 0) is 13.8 Å². The number of hydrogen-bond acceptors (Lipinski definition) is 4. The summed E-state index contributed by atoms with van der Waals surface area (Å²) in [7, 11) is 0. The number of nitrogens with zero attached hydrogens (tertiary/aromatic N) is 1. The summed E-state index contributed by atoms with van der Waals surface area (Å²) in [6.07, 6.45) is 1.51. The fourth-order valence-corrected chi connectivity index (χ4v) is 0.888. The number of nitrogens with two attached hydrogens (primary N) is 1. The van der Waals surface area contributed by atoms with Crippen LogP contribution >= 0.6 is 0 Å².